The fraction of sp³-hybridized carbons (Fsp3) is 0.333. The maximum absolute atomic E-state index is 4.53. The van der Waals surface area contributed by atoms with Crippen LogP contribution in [0.5, 0.6) is 0 Å². The van der Waals surface area contributed by atoms with Gasteiger partial charge in [-0.15, -0.1) is 0 Å². The lowest BCUT2D eigenvalue weighted by molar-refractivity contribution is 0.848. The first-order valence-corrected chi connectivity index (χ1v) is 5.32. The van der Waals surface area contributed by atoms with Crippen molar-refractivity contribution in [1.82, 2.24) is 15.2 Å². The second kappa shape index (κ2) is 3.19. The van der Waals surface area contributed by atoms with Crippen molar-refractivity contribution in [2.24, 2.45) is 5.92 Å². The topological polar surface area (TPSA) is 41.6 Å². The van der Waals surface area contributed by atoms with Crippen LogP contribution in [-0.2, 0) is 0 Å². The molecule has 0 aliphatic heterocycles. The predicted molar refractivity (Wildman–Crippen MR) is 58.3 cm³/mol. The average molecular weight is 199 g/mol. The molecule has 1 saturated carbocycles. The van der Waals surface area contributed by atoms with E-state index in [4.69, 9.17) is 0 Å². The molecule has 1 aliphatic rings. The van der Waals surface area contributed by atoms with Crippen molar-refractivity contribution in [2.45, 2.75) is 19.3 Å². The molecule has 1 N–H and O–H groups in total. The Bertz CT molecular complexity index is 461. The van der Waals surface area contributed by atoms with Gasteiger partial charge in [-0.1, -0.05) is 37.3 Å². The van der Waals surface area contributed by atoms with Gasteiger partial charge in [0.05, 0.1) is 0 Å². The van der Waals surface area contributed by atoms with Crippen LogP contribution in [0.25, 0.3) is 11.4 Å². The number of nitrogens with zero attached hydrogens (tertiary/aromatic N) is 2. The first kappa shape index (κ1) is 8.65. The largest absolute Gasteiger partial charge is 0.262 e. The smallest absolute Gasteiger partial charge is 0.181 e. The average Bonchev–Trinajstić information content (AvgIpc) is 2.83. The van der Waals surface area contributed by atoms with Crippen molar-refractivity contribution in [2.75, 3.05) is 0 Å². The highest BCUT2D eigenvalue weighted by atomic mass is 15.2. The van der Waals surface area contributed by atoms with Gasteiger partial charge in [0, 0.05) is 11.5 Å². The summed E-state index contributed by atoms with van der Waals surface area (Å²) in [7, 11) is 0. The van der Waals surface area contributed by atoms with Crippen molar-refractivity contribution in [3.8, 4) is 11.4 Å². The van der Waals surface area contributed by atoms with Crippen molar-refractivity contribution < 1.29 is 0 Å². The van der Waals surface area contributed by atoms with Crippen molar-refractivity contribution in [1.29, 1.82) is 0 Å². The fourth-order valence-electron chi connectivity index (χ4n) is 1.86. The molecule has 76 valence electrons. The Hall–Kier alpha value is -1.64. The first-order valence-electron chi connectivity index (χ1n) is 5.32. The molecule has 2 aromatic rings. The highest BCUT2D eigenvalue weighted by Crippen LogP contribution is 2.45. The van der Waals surface area contributed by atoms with Gasteiger partial charge in [-0.2, -0.15) is 5.10 Å². The van der Waals surface area contributed by atoms with E-state index in [2.05, 4.69) is 22.1 Å². The second-order valence-electron chi connectivity index (χ2n) is 4.23. The van der Waals surface area contributed by atoms with Gasteiger partial charge in [0.25, 0.3) is 0 Å². The van der Waals surface area contributed by atoms with Gasteiger partial charge < -0.3 is 0 Å². The van der Waals surface area contributed by atoms with Crippen LogP contribution in [-0.4, -0.2) is 15.2 Å². The number of aromatic amines is 1. The maximum Gasteiger partial charge on any atom is 0.181 e. The minimum Gasteiger partial charge on any atom is -0.262 e. The van der Waals surface area contributed by atoms with Crippen molar-refractivity contribution in [3.63, 3.8) is 0 Å². The van der Waals surface area contributed by atoms with Gasteiger partial charge >= 0.3 is 0 Å². The van der Waals surface area contributed by atoms with Gasteiger partial charge in [-0.25, -0.2) is 4.98 Å². The molecule has 0 bridgehead atoms. The van der Waals surface area contributed by atoms with Gasteiger partial charge in [0.2, 0.25) is 0 Å². The molecule has 2 unspecified atom stereocenters. The van der Waals surface area contributed by atoms with Gasteiger partial charge in [-0.05, 0) is 12.3 Å². The summed E-state index contributed by atoms with van der Waals surface area (Å²) in [5, 5.41) is 7.28. The van der Waals surface area contributed by atoms with Crippen LogP contribution in [0.15, 0.2) is 30.3 Å². The second-order valence-corrected chi connectivity index (χ2v) is 4.23. The van der Waals surface area contributed by atoms with Gasteiger partial charge in [0.15, 0.2) is 5.82 Å². The number of rotatable bonds is 2. The minimum absolute atomic E-state index is 0.606. The number of H-pyrrole nitrogens is 1. The third kappa shape index (κ3) is 1.54. The Morgan fingerprint density at radius 3 is 2.67 bits per heavy atom. The minimum atomic E-state index is 0.606. The van der Waals surface area contributed by atoms with E-state index < -0.39 is 0 Å². The third-order valence-corrected chi connectivity index (χ3v) is 3.00. The van der Waals surface area contributed by atoms with Crippen molar-refractivity contribution in [3.05, 3.63) is 36.2 Å². The Kier molecular flexibility index (Phi) is 1.84. The van der Waals surface area contributed by atoms with Crippen LogP contribution in [0.2, 0.25) is 0 Å². The highest BCUT2D eigenvalue weighted by Gasteiger charge is 2.36. The zero-order chi connectivity index (χ0) is 10.3. The maximum atomic E-state index is 4.53. The first-order chi connectivity index (χ1) is 7.34. The van der Waals surface area contributed by atoms with E-state index in [0.717, 1.165) is 23.1 Å². The molecular weight excluding hydrogens is 186 g/mol. The van der Waals surface area contributed by atoms with E-state index in [1.165, 1.54) is 6.42 Å². The Morgan fingerprint density at radius 1 is 1.27 bits per heavy atom. The number of benzene rings is 1. The zero-order valence-electron chi connectivity index (χ0n) is 8.64. The molecule has 3 nitrogen and oxygen atoms in total. The van der Waals surface area contributed by atoms with E-state index in [9.17, 15) is 0 Å². The van der Waals surface area contributed by atoms with Crippen LogP contribution in [0.1, 0.15) is 25.1 Å². The van der Waals surface area contributed by atoms with Crippen LogP contribution in [0.3, 0.4) is 0 Å². The molecule has 1 aromatic carbocycles. The molecule has 0 amide bonds. The van der Waals surface area contributed by atoms with E-state index in [0.29, 0.717) is 5.92 Å². The third-order valence-electron chi connectivity index (χ3n) is 3.00. The summed E-state index contributed by atoms with van der Waals surface area (Å²) < 4.78 is 0. The predicted octanol–water partition coefficient (Wildman–Crippen LogP) is 2.60. The van der Waals surface area contributed by atoms with E-state index in [1.807, 2.05) is 30.3 Å². The summed E-state index contributed by atoms with van der Waals surface area (Å²) in [6.45, 7) is 2.25. The Morgan fingerprint density at radius 2 is 2.00 bits per heavy atom. The van der Waals surface area contributed by atoms with Crippen LogP contribution in [0.4, 0.5) is 0 Å². The summed E-state index contributed by atoms with van der Waals surface area (Å²) in [5.41, 5.74) is 1.08. The van der Waals surface area contributed by atoms with E-state index >= 15 is 0 Å². The van der Waals surface area contributed by atoms with E-state index in [1.54, 1.807) is 0 Å². The molecule has 1 aliphatic carbocycles. The summed E-state index contributed by atoms with van der Waals surface area (Å²) in [5.74, 6) is 3.22. The van der Waals surface area contributed by atoms with Crippen molar-refractivity contribution >= 4 is 0 Å². The lowest BCUT2D eigenvalue weighted by Gasteiger charge is -1.91. The standard InChI is InChI=1S/C12H13N3/c1-8-7-10(8)12-13-11(14-15-12)9-5-3-2-4-6-9/h2-6,8,10H,7H2,1H3,(H,13,14,15). The lowest BCUT2D eigenvalue weighted by Crippen LogP contribution is -1.84. The van der Waals surface area contributed by atoms with Crippen LogP contribution < -0.4 is 0 Å². The molecule has 0 spiro atoms. The van der Waals surface area contributed by atoms with Crippen LogP contribution >= 0.6 is 0 Å². The molecule has 2 atom stereocenters. The highest BCUT2D eigenvalue weighted by molar-refractivity contribution is 5.54. The Balaban J connectivity index is 1.91. The molecule has 0 saturated heterocycles. The normalized spacial score (nSPS) is 24.1. The molecule has 3 rings (SSSR count). The Labute approximate surface area is 88.6 Å². The zero-order valence-corrected chi connectivity index (χ0v) is 8.64. The number of hydrogen-bond acceptors (Lipinski definition) is 2. The molecule has 0 radical (unpaired) electrons. The lowest BCUT2D eigenvalue weighted by atomic mass is 10.2. The quantitative estimate of drug-likeness (QED) is 0.807. The molecule has 1 aromatic heterocycles. The number of nitrogens with one attached hydrogen (secondary N) is 1. The number of hydrogen-bond donors (Lipinski definition) is 1. The fourth-order valence-corrected chi connectivity index (χ4v) is 1.86. The summed E-state index contributed by atoms with van der Waals surface area (Å²) >= 11 is 0. The number of aromatic nitrogens is 3. The monoisotopic (exact) mass is 199 g/mol. The van der Waals surface area contributed by atoms with E-state index in [-0.39, 0.29) is 0 Å². The SMILES string of the molecule is CC1CC1c1nc(-c2ccccc2)n[nH]1. The van der Waals surface area contributed by atoms with Gasteiger partial charge in [0.1, 0.15) is 5.82 Å². The molecular formula is C12H13N3. The van der Waals surface area contributed by atoms with Gasteiger partial charge in [-0.3, -0.25) is 5.10 Å². The summed E-state index contributed by atoms with van der Waals surface area (Å²) in [6.07, 6.45) is 1.24. The molecule has 1 fully saturated rings. The summed E-state index contributed by atoms with van der Waals surface area (Å²) in [6, 6.07) is 10.1. The van der Waals surface area contributed by atoms with Crippen LogP contribution in [0, 0.1) is 5.92 Å². The molecule has 15 heavy (non-hydrogen) atoms. The molecule has 3 heteroatoms. The summed E-state index contributed by atoms with van der Waals surface area (Å²) in [4.78, 5) is 4.53. The molecule has 1 heterocycles.